The zero-order chi connectivity index (χ0) is 15.7. The van der Waals surface area contributed by atoms with Crippen molar-refractivity contribution in [2.75, 3.05) is 46.1 Å². The lowest BCUT2D eigenvalue weighted by Crippen LogP contribution is -2.28. The van der Waals surface area contributed by atoms with Crippen LogP contribution in [0.3, 0.4) is 0 Å². The molecule has 0 fully saturated rings. The van der Waals surface area contributed by atoms with Gasteiger partial charge in [-0.1, -0.05) is 13.3 Å². The van der Waals surface area contributed by atoms with E-state index < -0.39 is 0 Å². The molecule has 0 atom stereocenters. The molecule has 0 aromatic carbocycles. The summed E-state index contributed by atoms with van der Waals surface area (Å²) >= 11 is 0. The number of aromatic nitrogens is 1. The smallest absolute Gasteiger partial charge is 0.272 e. The van der Waals surface area contributed by atoms with Gasteiger partial charge in [-0.25, -0.2) is 0 Å². The second-order valence-corrected chi connectivity index (χ2v) is 5.59. The zero-order valence-electron chi connectivity index (χ0n) is 13.7. The molecule has 0 unspecified atom stereocenters. The molecule has 0 saturated heterocycles. The molecule has 1 aromatic heterocycles. The molecule has 1 heterocycles. The number of carbonyl (C=O) groups excluding carboxylic acids is 1. The summed E-state index contributed by atoms with van der Waals surface area (Å²) in [5.41, 5.74) is 1.46. The van der Waals surface area contributed by atoms with Crippen LogP contribution < -0.4 is 5.32 Å². The highest BCUT2D eigenvalue weighted by atomic mass is 16.2. The predicted octanol–water partition coefficient (Wildman–Crippen LogP) is 2.32. The standard InChI is InChI=1S/C16H28N4O/c1-5-6-12-20(4)16(21)15-13-14(8-10-18-15)17-9-7-11-19(2)3/h8,10,13H,5-7,9,11-12H2,1-4H3,(H,17,18). The molecule has 5 nitrogen and oxygen atoms in total. The van der Waals surface area contributed by atoms with Gasteiger partial charge < -0.3 is 15.1 Å². The van der Waals surface area contributed by atoms with Crippen molar-refractivity contribution in [2.45, 2.75) is 26.2 Å². The Morgan fingerprint density at radius 1 is 1.24 bits per heavy atom. The Morgan fingerprint density at radius 3 is 2.67 bits per heavy atom. The van der Waals surface area contributed by atoms with Crippen molar-refractivity contribution in [1.29, 1.82) is 0 Å². The number of hydrogen-bond acceptors (Lipinski definition) is 4. The first kappa shape index (κ1) is 17.4. The lowest BCUT2D eigenvalue weighted by Gasteiger charge is -2.16. The van der Waals surface area contributed by atoms with Gasteiger partial charge in [-0.15, -0.1) is 0 Å². The van der Waals surface area contributed by atoms with Crippen LogP contribution in [0.5, 0.6) is 0 Å². The van der Waals surface area contributed by atoms with Crippen molar-refractivity contribution in [3.05, 3.63) is 24.0 Å². The highest BCUT2D eigenvalue weighted by molar-refractivity contribution is 5.92. The maximum Gasteiger partial charge on any atom is 0.272 e. The lowest BCUT2D eigenvalue weighted by molar-refractivity contribution is 0.0787. The van der Waals surface area contributed by atoms with Crippen molar-refractivity contribution in [3.63, 3.8) is 0 Å². The number of unbranched alkanes of at least 4 members (excludes halogenated alkanes) is 1. The third kappa shape index (κ3) is 6.58. The Kier molecular flexibility index (Phi) is 7.75. The van der Waals surface area contributed by atoms with Gasteiger partial charge in [-0.2, -0.15) is 0 Å². The van der Waals surface area contributed by atoms with Gasteiger partial charge in [0.05, 0.1) is 0 Å². The Labute approximate surface area is 128 Å². The Morgan fingerprint density at radius 2 is 2.00 bits per heavy atom. The molecule has 1 aromatic rings. The summed E-state index contributed by atoms with van der Waals surface area (Å²) in [6, 6.07) is 3.74. The van der Waals surface area contributed by atoms with Crippen LogP contribution in [0.25, 0.3) is 0 Å². The second-order valence-electron chi connectivity index (χ2n) is 5.59. The first-order valence-electron chi connectivity index (χ1n) is 7.64. The van der Waals surface area contributed by atoms with E-state index in [4.69, 9.17) is 0 Å². The summed E-state index contributed by atoms with van der Waals surface area (Å²) in [5.74, 6) is -0.0135. The highest BCUT2D eigenvalue weighted by Crippen LogP contribution is 2.10. The van der Waals surface area contributed by atoms with E-state index in [2.05, 4.69) is 36.2 Å². The number of nitrogens with zero attached hydrogens (tertiary/aromatic N) is 3. The number of nitrogens with one attached hydrogen (secondary N) is 1. The van der Waals surface area contributed by atoms with E-state index in [9.17, 15) is 4.79 Å². The van der Waals surface area contributed by atoms with Crippen LogP contribution in [-0.4, -0.2) is 61.5 Å². The molecule has 0 bridgehead atoms. The molecule has 0 aliphatic rings. The van der Waals surface area contributed by atoms with E-state index in [1.165, 1.54) is 0 Å². The number of rotatable bonds is 9. The molecular formula is C16H28N4O. The normalized spacial score (nSPS) is 10.7. The van der Waals surface area contributed by atoms with Crippen LogP contribution in [0, 0.1) is 0 Å². The van der Waals surface area contributed by atoms with Crippen LogP contribution in [0.15, 0.2) is 18.3 Å². The third-order valence-electron chi connectivity index (χ3n) is 3.28. The van der Waals surface area contributed by atoms with E-state index >= 15 is 0 Å². The Hall–Kier alpha value is -1.62. The van der Waals surface area contributed by atoms with Gasteiger partial charge in [0, 0.05) is 32.0 Å². The minimum Gasteiger partial charge on any atom is -0.385 e. The molecule has 0 saturated carbocycles. The molecular weight excluding hydrogens is 264 g/mol. The minimum atomic E-state index is -0.0135. The van der Waals surface area contributed by atoms with Crippen molar-refractivity contribution >= 4 is 11.6 Å². The quantitative estimate of drug-likeness (QED) is 0.710. The fourth-order valence-electron chi connectivity index (χ4n) is 1.98. The molecule has 21 heavy (non-hydrogen) atoms. The van der Waals surface area contributed by atoms with E-state index in [0.717, 1.165) is 44.6 Å². The molecule has 1 rings (SSSR count). The van der Waals surface area contributed by atoms with E-state index in [1.54, 1.807) is 11.1 Å². The Bertz CT molecular complexity index is 434. The summed E-state index contributed by atoms with van der Waals surface area (Å²) in [6.45, 7) is 4.83. The highest BCUT2D eigenvalue weighted by Gasteiger charge is 2.12. The van der Waals surface area contributed by atoms with Crippen molar-refractivity contribution in [2.24, 2.45) is 0 Å². The van der Waals surface area contributed by atoms with Gasteiger partial charge in [0.25, 0.3) is 5.91 Å². The Balaban J connectivity index is 2.53. The fourth-order valence-corrected chi connectivity index (χ4v) is 1.98. The van der Waals surface area contributed by atoms with Gasteiger partial charge in [0.15, 0.2) is 0 Å². The molecule has 0 aliphatic heterocycles. The summed E-state index contributed by atoms with van der Waals surface area (Å²) in [5, 5.41) is 3.34. The monoisotopic (exact) mass is 292 g/mol. The molecule has 0 aliphatic carbocycles. The molecule has 0 spiro atoms. The average Bonchev–Trinajstić information content (AvgIpc) is 2.48. The van der Waals surface area contributed by atoms with Gasteiger partial charge in [0.2, 0.25) is 0 Å². The van der Waals surface area contributed by atoms with Crippen LogP contribution in [0.4, 0.5) is 5.69 Å². The van der Waals surface area contributed by atoms with Crippen molar-refractivity contribution in [3.8, 4) is 0 Å². The van der Waals surface area contributed by atoms with Gasteiger partial charge in [-0.05, 0) is 45.6 Å². The summed E-state index contributed by atoms with van der Waals surface area (Å²) in [7, 11) is 5.96. The van der Waals surface area contributed by atoms with Crippen molar-refractivity contribution in [1.82, 2.24) is 14.8 Å². The van der Waals surface area contributed by atoms with Gasteiger partial charge in [-0.3, -0.25) is 9.78 Å². The second kappa shape index (κ2) is 9.34. The number of amides is 1. The number of hydrogen-bond donors (Lipinski definition) is 1. The topological polar surface area (TPSA) is 48.5 Å². The van der Waals surface area contributed by atoms with E-state index in [0.29, 0.717) is 5.69 Å². The maximum absolute atomic E-state index is 12.3. The average molecular weight is 292 g/mol. The molecule has 5 heteroatoms. The number of carbonyl (C=O) groups is 1. The number of anilines is 1. The molecule has 0 radical (unpaired) electrons. The van der Waals surface area contributed by atoms with E-state index in [1.807, 2.05) is 19.2 Å². The third-order valence-corrected chi connectivity index (χ3v) is 3.28. The molecule has 118 valence electrons. The first-order chi connectivity index (χ1) is 10.0. The predicted molar refractivity (Wildman–Crippen MR) is 87.8 cm³/mol. The first-order valence-corrected chi connectivity index (χ1v) is 7.64. The van der Waals surface area contributed by atoms with Gasteiger partial charge >= 0.3 is 0 Å². The fraction of sp³-hybridized carbons (Fsp3) is 0.625. The van der Waals surface area contributed by atoms with Crippen LogP contribution >= 0.6 is 0 Å². The van der Waals surface area contributed by atoms with Crippen molar-refractivity contribution < 1.29 is 4.79 Å². The largest absolute Gasteiger partial charge is 0.385 e. The molecule has 1 amide bonds. The molecule has 1 N–H and O–H groups in total. The van der Waals surface area contributed by atoms with Crippen LogP contribution in [-0.2, 0) is 0 Å². The maximum atomic E-state index is 12.3. The number of pyridine rings is 1. The lowest BCUT2D eigenvalue weighted by atomic mass is 10.2. The van der Waals surface area contributed by atoms with Crippen LogP contribution in [0.1, 0.15) is 36.7 Å². The summed E-state index contributed by atoms with van der Waals surface area (Å²) in [6.07, 6.45) is 4.85. The van der Waals surface area contributed by atoms with Crippen LogP contribution in [0.2, 0.25) is 0 Å². The minimum absolute atomic E-state index is 0.0135. The zero-order valence-corrected chi connectivity index (χ0v) is 13.7. The van der Waals surface area contributed by atoms with E-state index in [-0.39, 0.29) is 5.91 Å². The summed E-state index contributed by atoms with van der Waals surface area (Å²) < 4.78 is 0. The summed E-state index contributed by atoms with van der Waals surface area (Å²) in [4.78, 5) is 20.3. The SMILES string of the molecule is CCCCN(C)C(=O)c1cc(NCCCN(C)C)ccn1. The van der Waals surface area contributed by atoms with Gasteiger partial charge in [0.1, 0.15) is 5.69 Å².